The summed E-state index contributed by atoms with van der Waals surface area (Å²) in [6.45, 7) is 10.8. The molecule has 0 spiro atoms. The fourth-order valence-corrected chi connectivity index (χ4v) is 4.05. The molecule has 4 heteroatoms. The first-order chi connectivity index (χ1) is 8.58. The third-order valence-corrected chi connectivity index (χ3v) is 4.54. The molecule has 1 N–H and O–H groups in total. The highest BCUT2D eigenvalue weighted by Gasteiger charge is 2.23. The van der Waals surface area contributed by atoms with Crippen LogP contribution in [0.5, 0.6) is 0 Å². The molecule has 0 amide bonds. The topological polar surface area (TPSA) is 28.4 Å². The molecular formula is C14H24N2OS. The molecule has 0 aliphatic carbocycles. The Bertz CT molecular complexity index is 381. The largest absolute Gasteiger partial charge is 0.465 e. The molecule has 102 valence electrons. The molecule has 1 fully saturated rings. The molecule has 2 rings (SSSR count). The Balaban J connectivity index is 1.98. The van der Waals surface area contributed by atoms with E-state index < -0.39 is 0 Å². The second-order valence-corrected chi connectivity index (χ2v) is 7.16. The van der Waals surface area contributed by atoms with Gasteiger partial charge in [0.2, 0.25) is 0 Å². The molecule has 1 aromatic heterocycles. The second-order valence-electron chi connectivity index (χ2n) is 5.28. The van der Waals surface area contributed by atoms with Crippen LogP contribution in [0.25, 0.3) is 0 Å². The molecule has 18 heavy (non-hydrogen) atoms. The van der Waals surface area contributed by atoms with Gasteiger partial charge in [0, 0.05) is 35.7 Å². The maximum absolute atomic E-state index is 5.85. The van der Waals surface area contributed by atoms with Gasteiger partial charge in [0.05, 0.1) is 6.54 Å². The van der Waals surface area contributed by atoms with Crippen molar-refractivity contribution in [2.45, 2.75) is 44.4 Å². The van der Waals surface area contributed by atoms with Crippen molar-refractivity contribution in [3.05, 3.63) is 23.2 Å². The molecule has 1 saturated heterocycles. The monoisotopic (exact) mass is 268 g/mol. The van der Waals surface area contributed by atoms with Gasteiger partial charge in [0.1, 0.15) is 11.5 Å². The zero-order valence-corrected chi connectivity index (χ0v) is 12.6. The summed E-state index contributed by atoms with van der Waals surface area (Å²) in [7, 11) is 1.97. The van der Waals surface area contributed by atoms with Crippen LogP contribution in [-0.4, -0.2) is 35.5 Å². The minimum atomic E-state index is 0.724. The summed E-state index contributed by atoms with van der Waals surface area (Å²) in [6, 6.07) is 2.20. The van der Waals surface area contributed by atoms with Crippen LogP contribution in [0, 0.1) is 6.92 Å². The van der Waals surface area contributed by atoms with Gasteiger partial charge in [-0.2, -0.15) is 11.8 Å². The molecule has 0 bridgehead atoms. The van der Waals surface area contributed by atoms with Crippen molar-refractivity contribution < 1.29 is 4.42 Å². The third-order valence-electron chi connectivity index (χ3n) is 3.31. The maximum atomic E-state index is 5.85. The first kappa shape index (κ1) is 14.0. The molecule has 2 heterocycles. The lowest BCUT2D eigenvalue weighted by atomic mass is 10.2. The number of aryl methyl sites for hydroxylation is 1. The molecule has 2 unspecified atom stereocenters. The van der Waals surface area contributed by atoms with Crippen LogP contribution in [0.4, 0.5) is 0 Å². The van der Waals surface area contributed by atoms with E-state index in [9.17, 15) is 0 Å². The average Bonchev–Trinajstić information content (AvgIpc) is 2.58. The summed E-state index contributed by atoms with van der Waals surface area (Å²) >= 11 is 2.09. The first-order valence-electron chi connectivity index (χ1n) is 6.69. The lowest BCUT2D eigenvalue weighted by Crippen LogP contribution is -2.39. The Morgan fingerprint density at radius 3 is 2.67 bits per heavy atom. The van der Waals surface area contributed by atoms with Crippen molar-refractivity contribution >= 4 is 11.8 Å². The predicted octanol–water partition coefficient (Wildman–Crippen LogP) is 2.63. The fraction of sp³-hybridized carbons (Fsp3) is 0.714. The number of rotatable bonds is 4. The van der Waals surface area contributed by atoms with Gasteiger partial charge in [-0.15, -0.1) is 0 Å². The van der Waals surface area contributed by atoms with Gasteiger partial charge >= 0.3 is 0 Å². The summed E-state index contributed by atoms with van der Waals surface area (Å²) in [5.74, 6) is 2.15. The van der Waals surface area contributed by atoms with Crippen molar-refractivity contribution in [2.75, 3.05) is 20.1 Å². The molecule has 0 saturated carbocycles. The van der Waals surface area contributed by atoms with Crippen molar-refractivity contribution in [2.24, 2.45) is 0 Å². The fourth-order valence-electron chi connectivity index (χ4n) is 2.67. The van der Waals surface area contributed by atoms with E-state index in [1.807, 2.05) is 14.0 Å². The van der Waals surface area contributed by atoms with E-state index in [1.54, 1.807) is 0 Å². The first-order valence-corrected chi connectivity index (χ1v) is 7.63. The highest BCUT2D eigenvalue weighted by atomic mass is 32.2. The number of furan rings is 1. The number of nitrogens with zero attached hydrogens (tertiary/aromatic N) is 1. The lowest BCUT2D eigenvalue weighted by Gasteiger charge is -2.33. The number of nitrogens with one attached hydrogen (secondary N) is 1. The van der Waals surface area contributed by atoms with Gasteiger partial charge < -0.3 is 9.73 Å². The van der Waals surface area contributed by atoms with Crippen LogP contribution in [0.15, 0.2) is 10.5 Å². The maximum Gasteiger partial charge on any atom is 0.118 e. The Morgan fingerprint density at radius 2 is 2.06 bits per heavy atom. The van der Waals surface area contributed by atoms with Crippen molar-refractivity contribution in [1.29, 1.82) is 0 Å². The van der Waals surface area contributed by atoms with E-state index in [0.717, 1.165) is 48.2 Å². The summed E-state index contributed by atoms with van der Waals surface area (Å²) in [5.41, 5.74) is 1.28. The molecule has 0 radical (unpaired) electrons. The predicted molar refractivity (Wildman–Crippen MR) is 78.0 cm³/mol. The van der Waals surface area contributed by atoms with Gasteiger partial charge in [-0.3, -0.25) is 4.90 Å². The van der Waals surface area contributed by atoms with Crippen LogP contribution >= 0.6 is 11.8 Å². The van der Waals surface area contributed by atoms with Crippen LogP contribution in [0.3, 0.4) is 0 Å². The van der Waals surface area contributed by atoms with Gasteiger partial charge in [-0.25, -0.2) is 0 Å². The zero-order valence-electron chi connectivity index (χ0n) is 11.8. The molecular weight excluding hydrogens is 244 g/mol. The van der Waals surface area contributed by atoms with Gasteiger partial charge in [0.25, 0.3) is 0 Å². The summed E-state index contributed by atoms with van der Waals surface area (Å²) in [5, 5.41) is 4.63. The normalized spacial score (nSPS) is 25.6. The molecule has 2 atom stereocenters. The van der Waals surface area contributed by atoms with E-state index in [1.165, 1.54) is 5.56 Å². The van der Waals surface area contributed by atoms with E-state index >= 15 is 0 Å². The SMILES string of the molecule is CNCc1cc(CN2CC(C)SC(C)C2)oc1C. The smallest absolute Gasteiger partial charge is 0.118 e. The lowest BCUT2D eigenvalue weighted by molar-refractivity contribution is 0.240. The molecule has 3 nitrogen and oxygen atoms in total. The summed E-state index contributed by atoms with van der Waals surface area (Å²) < 4.78 is 5.85. The Kier molecular flexibility index (Phi) is 4.76. The van der Waals surface area contributed by atoms with Crippen molar-refractivity contribution in [1.82, 2.24) is 10.2 Å². The zero-order chi connectivity index (χ0) is 13.1. The van der Waals surface area contributed by atoms with E-state index in [-0.39, 0.29) is 0 Å². The van der Waals surface area contributed by atoms with Crippen LogP contribution in [0.2, 0.25) is 0 Å². The standard InChI is InChI=1S/C14H24N2OS/c1-10-7-16(8-11(2)18-10)9-14-5-13(6-15-4)12(3)17-14/h5,10-11,15H,6-9H2,1-4H3. The van der Waals surface area contributed by atoms with Gasteiger partial charge in [-0.05, 0) is 20.0 Å². The Morgan fingerprint density at radius 1 is 1.39 bits per heavy atom. The van der Waals surface area contributed by atoms with E-state index in [0.29, 0.717) is 0 Å². The van der Waals surface area contributed by atoms with Gasteiger partial charge in [0.15, 0.2) is 0 Å². The highest BCUT2D eigenvalue weighted by Crippen LogP contribution is 2.26. The minimum absolute atomic E-state index is 0.724. The Labute approximate surface area is 114 Å². The van der Waals surface area contributed by atoms with Gasteiger partial charge in [-0.1, -0.05) is 13.8 Å². The number of hydrogen-bond acceptors (Lipinski definition) is 4. The van der Waals surface area contributed by atoms with E-state index in [2.05, 4.69) is 41.9 Å². The molecule has 1 aromatic rings. The third kappa shape index (κ3) is 3.53. The average molecular weight is 268 g/mol. The molecule has 1 aliphatic heterocycles. The van der Waals surface area contributed by atoms with Crippen LogP contribution < -0.4 is 5.32 Å². The number of hydrogen-bond donors (Lipinski definition) is 1. The summed E-state index contributed by atoms with van der Waals surface area (Å²) in [6.07, 6.45) is 0. The second kappa shape index (κ2) is 6.13. The molecule has 0 aromatic carbocycles. The summed E-state index contributed by atoms with van der Waals surface area (Å²) in [4.78, 5) is 2.51. The number of thioether (sulfide) groups is 1. The highest BCUT2D eigenvalue weighted by molar-refractivity contribution is 8.00. The Hall–Kier alpha value is -0.450. The van der Waals surface area contributed by atoms with Crippen LogP contribution in [-0.2, 0) is 13.1 Å². The molecule has 1 aliphatic rings. The minimum Gasteiger partial charge on any atom is -0.465 e. The van der Waals surface area contributed by atoms with Crippen LogP contribution in [0.1, 0.15) is 30.9 Å². The van der Waals surface area contributed by atoms with E-state index in [4.69, 9.17) is 4.42 Å². The van der Waals surface area contributed by atoms with Crippen molar-refractivity contribution in [3.63, 3.8) is 0 Å². The van der Waals surface area contributed by atoms with Crippen molar-refractivity contribution in [3.8, 4) is 0 Å². The quantitative estimate of drug-likeness (QED) is 0.909.